The Morgan fingerprint density at radius 3 is 1.88 bits per heavy atom. The molecule has 0 aliphatic carbocycles. The third-order valence-electron chi connectivity index (χ3n) is 2.32. The minimum absolute atomic E-state index is 0.217. The Kier molecular flexibility index (Phi) is 4.79. The molecule has 0 fully saturated rings. The molecule has 0 saturated heterocycles. The molecular formula is C14H19N3. The Balaban J connectivity index is 0.000000202. The second-order valence-electron chi connectivity index (χ2n) is 4.44. The van der Waals surface area contributed by atoms with Crippen LogP contribution in [0.15, 0.2) is 49.1 Å². The lowest BCUT2D eigenvalue weighted by atomic mass is 9.92. The van der Waals surface area contributed by atoms with Crippen LogP contribution in [0, 0.1) is 6.92 Å². The first-order valence-electron chi connectivity index (χ1n) is 5.57. The number of nitrogens with two attached hydrogens (primary N) is 1. The van der Waals surface area contributed by atoms with Gasteiger partial charge in [-0.3, -0.25) is 0 Å². The molecule has 0 amide bonds. The van der Waals surface area contributed by atoms with Crippen molar-refractivity contribution >= 4 is 0 Å². The molecule has 0 spiro atoms. The average molecular weight is 229 g/mol. The van der Waals surface area contributed by atoms with E-state index in [1.54, 1.807) is 18.5 Å². The predicted octanol–water partition coefficient (Wildman–Crippen LogP) is 2.67. The highest BCUT2D eigenvalue weighted by atomic mass is 14.8. The minimum atomic E-state index is -0.217. The monoisotopic (exact) mass is 229 g/mol. The molecular weight excluding hydrogens is 210 g/mol. The lowest BCUT2D eigenvalue weighted by Gasteiger charge is -2.21. The highest BCUT2D eigenvalue weighted by Crippen LogP contribution is 2.19. The van der Waals surface area contributed by atoms with Gasteiger partial charge in [-0.05, 0) is 38.0 Å². The maximum atomic E-state index is 5.96. The Labute approximate surface area is 103 Å². The molecule has 0 radical (unpaired) electrons. The van der Waals surface area contributed by atoms with Crippen LogP contribution in [0.2, 0.25) is 0 Å². The van der Waals surface area contributed by atoms with Gasteiger partial charge in [0.1, 0.15) is 6.33 Å². The molecule has 2 N–H and O–H groups in total. The first-order chi connectivity index (χ1) is 8.02. The Bertz CT molecular complexity index is 406. The summed E-state index contributed by atoms with van der Waals surface area (Å²) in [6.45, 7) is 6.13. The van der Waals surface area contributed by atoms with Crippen LogP contribution in [0.4, 0.5) is 0 Å². The summed E-state index contributed by atoms with van der Waals surface area (Å²) in [6.07, 6.45) is 4.88. The number of aryl methyl sites for hydroxylation is 1. The lowest BCUT2D eigenvalue weighted by molar-refractivity contribution is 0.551. The van der Waals surface area contributed by atoms with Gasteiger partial charge in [0, 0.05) is 17.9 Å². The maximum absolute atomic E-state index is 5.96. The molecule has 0 aliphatic heterocycles. The molecule has 1 aromatic carbocycles. The fraction of sp³-hybridized carbons (Fsp3) is 0.286. The van der Waals surface area contributed by atoms with E-state index >= 15 is 0 Å². The molecule has 1 heterocycles. The Morgan fingerprint density at radius 1 is 1.00 bits per heavy atom. The van der Waals surface area contributed by atoms with Crippen LogP contribution < -0.4 is 5.73 Å². The van der Waals surface area contributed by atoms with Gasteiger partial charge in [0.2, 0.25) is 0 Å². The lowest BCUT2D eigenvalue weighted by Crippen LogP contribution is -2.29. The van der Waals surface area contributed by atoms with Crippen LogP contribution in [0.5, 0.6) is 0 Å². The summed E-state index contributed by atoms with van der Waals surface area (Å²) in [5.74, 6) is 0. The standard InChI is InChI=1S/C10H15N.C4H4N2/c1-8-6-4-5-7-9(8)10(2,3)11;1-2-5-4-6-3-1/h4-7H,11H2,1-3H3;1-4H. The predicted molar refractivity (Wildman–Crippen MR) is 70.4 cm³/mol. The SMILES string of the molecule is Cc1ccccc1C(C)(C)N.c1cncnc1. The van der Waals surface area contributed by atoms with Crippen molar-refractivity contribution < 1.29 is 0 Å². The topological polar surface area (TPSA) is 51.8 Å². The van der Waals surface area contributed by atoms with E-state index in [9.17, 15) is 0 Å². The van der Waals surface area contributed by atoms with Crippen molar-refractivity contribution in [2.75, 3.05) is 0 Å². The molecule has 90 valence electrons. The minimum Gasteiger partial charge on any atom is -0.322 e. The van der Waals surface area contributed by atoms with Crippen molar-refractivity contribution in [2.45, 2.75) is 26.3 Å². The van der Waals surface area contributed by atoms with Gasteiger partial charge in [-0.15, -0.1) is 0 Å². The molecule has 0 unspecified atom stereocenters. The molecule has 3 nitrogen and oxygen atoms in total. The number of hydrogen-bond donors (Lipinski definition) is 1. The third-order valence-corrected chi connectivity index (χ3v) is 2.32. The van der Waals surface area contributed by atoms with Gasteiger partial charge in [-0.2, -0.15) is 0 Å². The summed E-state index contributed by atoms with van der Waals surface area (Å²) in [5, 5.41) is 0. The van der Waals surface area contributed by atoms with Gasteiger partial charge in [-0.25, -0.2) is 9.97 Å². The Morgan fingerprint density at radius 2 is 1.59 bits per heavy atom. The van der Waals surface area contributed by atoms with Gasteiger partial charge in [0.05, 0.1) is 0 Å². The highest BCUT2D eigenvalue weighted by Gasteiger charge is 2.14. The van der Waals surface area contributed by atoms with E-state index < -0.39 is 0 Å². The van der Waals surface area contributed by atoms with Crippen molar-refractivity contribution in [3.8, 4) is 0 Å². The van der Waals surface area contributed by atoms with E-state index in [2.05, 4.69) is 29.0 Å². The van der Waals surface area contributed by atoms with Crippen molar-refractivity contribution in [2.24, 2.45) is 5.73 Å². The quantitative estimate of drug-likeness (QED) is 0.818. The molecule has 3 heteroatoms. The number of aromatic nitrogens is 2. The van der Waals surface area contributed by atoms with E-state index in [4.69, 9.17) is 5.73 Å². The highest BCUT2D eigenvalue weighted by molar-refractivity contribution is 5.30. The molecule has 2 rings (SSSR count). The van der Waals surface area contributed by atoms with Gasteiger partial charge in [-0.1, -0.05) is 24.3 Å². The summed E-state index contributed by atoms with van der Waals surface area (Å²) < 4.78 is 0. The van der Waals surface area contributed by atoms with Gasteiger partial charge in [0.15, 0.2) is 0 Å². The first-order valence-corrected chi connectivity index (χ1v) is 5.57. The summed E-state index contributed by atoms with van der Waals surface area (Å²) in [5.41, 5.74) is 8.23. The largest absolute Gasteiger partial charge is 0.322 e. The second kappa shape index (κ2) is 6.11. The summed E-state index contributed by atoms with van der Waals surface area (Å²) >= 11 is 0. The fourth-order valence-electron chi connectivity index (χ4n) is 1.55. The van der Waals surface area contributed by atoms with E-state index in [1.807, 2.05) is 26.0 Å². The van der Waals surface area contributed by atoms with E-state index in [1.165, 1.54) is 17.5 Å². The van der Waals surface area contributed by atoms with E-state index in [0.717, 1.165) is 0 Å². The molecule has 0 saturated carbocycles. The van der Waals surface area contributed by atoms with Crippen LogP contribution in [-0.4, -0.2) is 9.97 Å². The zero-order valence-corrected chi connectivity index (χ0v) is 10.6. The van der Waals surface area contributed by atoms with Crippen LogP contribution in [-0.2, 0) is 5.54 Å². The van der Waals surface area contributed by atoms with Crippen molar-refractivity contribution in [1.29, 1.82) is 0 Å². The van der Waals surface area contributed by atoms with Gasteiger partial charge in [0.25, 0.3) is 0 Å². The average Bonchev–Trinajstić information content (AvgIpc) is 2.31. The summed E-state index contributed by atoms with van der Waals surface area (Å²) in [6, 6.07) is 10.0. The molecule has 2 aromatic rings. The van der Waals surface area contributed by atoms with Gasteiger partial charge < -0.3 is 5.73 Å². The molecule has 0 atom stereocenters. The Hall–Kier alpha value is -1.74. The summed E-state index contributed by atoms with van der Waals surface area (Å²) in [7, 11) is 0. The normalized spacial score (nSPS) is 10.4. The molecule has 17 heavy (non-hydrogen) atoms. The van der Waals surface area contributed by atoms with Gasteiger partial charge >= 0.3 is 0 Å². The third kappa shape index (κ3) is 4.74. The van der Waals surface area contributed by atoms with E-state index in [0.29, 0.717) is 0 Å². The second-order valence-corrected chi connectivity index (χ2v) is 4.44. The smallest absolute Gasteiger partial charge is 0.115 e. The number of rotatable bonds is 1. The fourth-order valence-corrected chi connectivity index (χ4v) is 1.55. The van der Waals surface area contributed by atoms with Crippen LogP contribution in [0.25, 0.3) is 0 Å². The molecule has 0 bridgehead atoms. The van der Waals surface area contributed by atoms with Crippen molar-refractivity contribution in [1.82, 2.24) is 9.97 Å². The molecule has 1 aromatic heterocycles. The number of benzene rings is 1. The summed E-state index contributed by atoms with van der Waals surface area (Å²) in [4.78, 5) is 7.35. The van der Waals surface area contributed by atoms with Crippen molar-refractivity contribution in [3.05, 3.63) is 60.2 Å². The van der Waals surface area contributed by atoms with Crippen LogP contribution in [0.3, 0.4) is 0 Å². The maximum Gasteiger partial charge on any atom is 0.115 e. The first kappa shape index (κ1) is 13.3. The van der Waals surface area contributed by atoms with Crippen molar-refractivity contribution in [3.63, 3.8) is 0 Å². The number of nitrogens with zero attached hydrogens (tertiary/aromatic N) is 2. The zero-order valence-electron chi connectivity index (χ0n) is 10.6. The molecule has 0 aliphatic rings. The van der Waals surface area contributed by atoms with E-state index in [-0.39, 0.29) is 5.54 Å². The number of hydrogen-bond acceptors (Lipinski definition) is 3. The van der Waals surface area contributed by atoms with Crippen LogP contribution in [0.1, 0.15) is 25.0 Å². The zero-order chi connectivity index (χ0) is 12.7. The van der Waals surface area contributed by atoms with Crippen LogP contribution >= 0.6 is 0 Å².